The van der Waals surface area contributed by atoms with Crippen molar-refractivity contribution in [3.05, 3.63) is 48.4 Å². The first-order valence-corrected chi connectivity index (χ1v) is 9.00. The number of aromatic nitrogens is 4. The van der Waals surface area contributed by atoms with E-state index in [1.807, 2.05) is 18.2 Å². The van der Waals surface area contributed by atoms with Crippen LogP contribution in [0.3, 0.4) is 0 Å². The van der Waals surface area contributed by atoms with Crippen molar-refractivity contribution >= 4 is 16.9 Å². The molecule has 26 heavy (non-hydrogen) atoms. The molecule has 0 saturated heterocycles. The second-order valence-electron chi connectivity index (χ2n) is 6.67. The SMILES string of the molecule is FC1C[C@@H](Nc2ncnc3[nH]ncc23)CC[C@@H]1OCCc1ccccc1. The number of hydrogen-bond acceptors (Lipinski definition) is 5. The van der Waals surface area contributed by atoms with Crippen LogP contribution >= 0.6 is 0 Å². The van der Waals surface area contributed by atoms with Crippen LogP contribution in [0.25, 0.3) is 11.0 Å². The van der Waals surface area contributed by atoms with E-state index >= 15 is 0 Å². The van der Waals surface area contributed by atoms with E-state index in [9.17, 15) is 4.39 Å². The highest BCUT2D eigenvalue weighted by atomic mass is 19.1. The maximum atomic E-state index is 14.6. The Morgan fingerprint density at radius 2 is 2.08 bits per heavy atom. The lowest BCUT2D eigenvalue weighted by Crippen LogP contribution is -2.39. The van der Waals surface area contributed by atoms with Crippen LogP contribution in [-0.4, -0.2) is 45.1 Å². The van der Waals surface area contributed by atoms with E-state index in [2.05, 4.69) is 37.6 Å². The number of aromatic amines is 1. The van der Waals surface area contributed by atoms with Crippen molar-refractivity contribution in [2.75, 3.05) is 11.9 Å². The number of rotatable bonds is 6. The zero-order valence-electron chi connectivity index (χ0n) is 14.4. The molecule has 1 saturated carbocycles. The lowest BCUT2D eigenvalue weighted by Gasteiger charge is -2.32. The van der Waals surface area contributed by atoms with E-state index in [1.54, 1.807) is 6.20 Å². The van der Waals surface area contributed by atoms with Crippen molar-refractivity contribution in [1.29, 1.82) is 0 Å². The van der Waals surface area contributed by atoms with Crippen LogP contribution in [0.15, 0.2) is 42.9 Å². The van der Waals surface area contributed by atoms with Crippen molar-refractivity contribution < 1.29 is 9.13 Å². The number of ether oxygens (including phenoxy) is 1. The van der Waals surface area contributed by atoms with E-state index in [4.69, 9.17) is 4.74 Å². The number of nitrogens with one attached hydrogen (secondary N) is 2. The van der Waals surface area contributed by atoms with Crippen molar-refractivity contribution in [3.8, 4) is 0 Å². The molecule has 2 heterocycles. The van der Waals surface area contributed by atoms with Crippen molar-refractivity contribution in [2.24, 2.45) is 0 Å². The molecule has 1 unspecified atom stereocenters. The van der Waals surface area contributed by atoms with Gasteiger partial charge in [0.25, 0.3) is 0 Å². The van der Waals surface area contributed by atoms with E-state index in [1.165, 1.54) is 11.9 Å². The predicted molar refractivity (Wildman–Crippen MR) is 97.7 cm³/mol. The molecule has 1 aliphatic rings. The fraction of sp³-hybridized carbons (Fsp3) is 0.421. The Kier molecular flexibility index (Phi) is 5.06. The zero-order valence-corrected chi connectivity index (χ0v) is 14.4. The Morgan fingerprint density at radius 3 is 2.92 bits per heavy atom. The molecule has 1 aliphatic carbocycles. The summed E-state index contributed by atoms with van der Waals surface area (Å²) in [5, 5.41) is 11.0. The lowest BCUT2D eigenvalue weighted by atomic mass is 9.91. The van der Waals surface area contributed by atoms with E-state index in [0.717, 1.165) is 18.2 Å². The first-order chi connectivity index (χ1) is 12.8. The molecule has 0 amide bonds. The summed E-state index contributed by atoms with van der Waals surface area (Å²) in [7, 11) is 0. The smallest absolute Gasteiger partial charge is 0.160 e. The summed E-state index contributed by atoms with van der Waals surface area (Å²) >= 11 is 0. The zero-order chi connectivity index (χ0) is 17.8. The van der Waals surface area contributed by atoms with Gasteiger partial charge < -0.3 is 10.1 Å². The van der Waals surface area contributed by atoms with Gasteiger partial charge in [-0.2, -0.15) is 5.10 Å². The molecule has 0 bridgehead atoms. The number of halogens is 1. The summed E-state index contributed by atoms with van der Waals surface area (Å²) in [4.78, 5) is 8.38. The highest BCUT2D eigenvalue weighted by Gasteiger charge is 2.31. The third-order valence-corrected chi connectivity index (χ3v) is 4.87. The topological polar surface area (TPSA) is 75.7 Å². The van der Waals surface area contributed by atoms with Gasteiger partial charge in [0.2, 0.25) is 0 Å². The van der Waals surface area contributed by atoms with Crippen LogP contribution in [0.2, 0.25) is 0 Å². The molecule has 0 spiro atoms. The number of fused-ring (bicyclic) bond motifs is 1. The van der Waals surface area contributed by atoms with E-state index < -0.39 is 6.17 Å². The van der Waals surface area contributed by atoms with Gasteiger partial charge in [-0.15, -0.1) is 0 Å². The minimum atomic E-state index is -0.973. The summed E-state index contributed by atoms with van der Waals surface area (Å²) in [6, 6.07) is 10.2. The molecule has 1 fully saturated rings. The summed E-state index contributed by atoms with van der Waals surface area (Å²) in [5.41, 5.74) is 1.89. The summed E-state index contributed by atoms with van der Waals surface area (Å²) in [5.74, 6) is 0.699. The molecule has 6 nitrogen and oxygen atoms in total. The quantitative estimate of drug-likeness (QED) is 0.710. The van der Waals surface area contributed by atoms with Gasteiger partial charge in [0.05, 0.1) is 24.3 Å². The van der Waals surface area contributed by atoms with Gasteiger partial charge in [0.1, 0.15) is 18.3 Å². The molecule has 0 radical (unpaired) electrons. The Morgan fingerprint density at radius 1 is 1.19 bits per heavy atom. The summed E-state index contributed by atoms with van der Waals surface area (Å²) in [6.07, 6.45) is 4.64. The van der Waals surface area contributed by atoms with Gasteiger partial charge in [-0.25, -0.2) is 14.4 Å². The molecule has 3 atom stereocenters. The molecule has 136 valence electrons. The van der Waals surface area contributed by atoms with Gasteiger partial charge >= 0.3 is 0 Å². The fourth-order valence-corrected chi connectivity index (χ4v) is 3.45. The first-order valence-electron chi connectivity index (χ1n) is 9.00. The van der Waals surface area contributed by atoms with Gasteiger partial charge in [0.15, 0.2) is 5.65 Å². The largest absolute Gasteiger partial charge is 0.375 e. The third kappa shape index (κ3) is 3.83. The van der Waals surface area contributed by atoms with Crippen molar-refractivity contribution in [3.63, 3.8) is 0 Å². The normalized spacial score (nSPS) is 23.2. The maximum absolute atomic E-state index is 14.6. The Hall–Kier alpha value is -2.54. The van der Waals surface area contributed by atoms with Crippen LogP contribution in [0.1, 0.15) is 24.8 Å². The fourth-order valence-electron chi connectivity index (χ4n) is 3.45. The number of H-pyrrole nitrogens is 1. The summed E-state index contributed by atoms with van der Waals surface area (Å²) in [6.45, 7) is 0.550. The van der Waals surface area contributed by atoms with Crippen molar-refractivity contribution in [1.82, 2.24) is 20.2 Å². The van der Waals surface area contributed by atoms with Crippen molar-refractivity contribution in [2.45, 2.75) is 44.0 Å². The number of benzene rings is 1. The van der Waals surface area contributed by atoms with Crippen LogP contribution in [0, 0.1) is 0 Å². The number of hydrogen-bond donors (Lipinski definition) is 2. The van der Waals surface area contributed by atoms with Gasteiger partial charge in [-0.3, -0.25) is 5.10 Å². The molecule has 0 aliphatic heterocycles. The molecule has 1 aromatic carbocycles. The average molecular weight is 355 g/mol. The summed E-state index contributed by atoms with van der Waals surface area (Å²) < 4.78 is 20.4. The molecular formula is C19H22FN5O. The standard InChI is InChI=1S/C19H22FN5O/c20-16-10-14(24-18-15-11-23-25-19(15)22-12-21-18)6-7-17(16)26-9-8-13-4-2-1-3-5-13/h1-5,11-12,14,16-17H,6-10H2,(H2,21,22,23,24,25)/t14-,16?,17-/m0/s1. The highest BCUT2D eigenvalue weighted by Crippen LogP contribution is 2.28. The molecule has 7 heteroatoms. The Labute approximate surface area is 151 Å². The van der Waals surface area contributed by atoms with Gasteiger partial charge in [-0.1, -0.05) is 30.3 Å². The first kappa shape index (κ1) is 16.9. The maximum Gasteiger partial charge on any atom is 0.160 e. The van der Waals surface area contributed by atoms with Crippen LogP contribution in [0.5, 0.6) is 0 Å². The monoisotopic (exact) mass is 355 g/mol. The van der Waals surface area contributed by atoms with E-state index in [-0.39, 0.29) is 12.1 Å². The minimum absolute atomic E-state index is 0.0342. The van der Waals surface area contributed by atoms with E-state index in [0.29, 0.717) is 30.9 Å². The molecule has 4 rings (SSSR count). The molecular weight excluding hydrogens is 333 g/mol. The molecule has 3 aromatic rings. The van der Waals surface area contributed by atoms with Gasteiger partial charge in [-0.05, 0) is 24.8 Å². The number of nitrogens with zero attached hydrogens (tertiary/aromatic N) is 3. The van der Waals surface area contributed by atoms with Crippen LogP contribution < -0.4 is 5.32 Å². The van der Waals surface area contributed by atoms with Crippen LogP contribution in [-0.2, 0) is 11.2 Å². The second-order valence-corrected chi connectivity index (χ2v) is 6.67. The van der Waals surface area contributed by atoms with Gasteiger partial charge in [0, 0.05) is 12.5 Å². The molecule has 2 N–H and O–H groups in total. The number of anilines is 1. The number of alkyl halides is 1. The predicted octanol–water partition coefficient (Wildman–Crippen LogP) is 3.28. The second kappa shape index (κ2) is 7.78. The lowest BCUT2D eigenvalue weighted by molar-refractivity contribution is -0.0252. The third-order valence-electron chi connectivity index (χ3n) is 4.87. The Balaban J connectivity index is 1.29. The molecule has 2 aromatic heterocycles. The van der Waals surface area contributed by atoms with Crippen LogP contribution in [0.4, 0.5) is 10.2 Å². The Bertz CT molecular complexity index is 840. The minimum Gasteiger partial charge on any atom is -0.375 e. The average Bonchev–Trinajstić information content (AvgIpc) is 3.14. The highest BCUT2D eigenvalue weighted by molar-refractivity contribution is 5.85.